The van der Waals surface area contributed by atoms with Gasteiger partial charge < -0.3 is 0 Å². The van der Waals surface area contributed by atoms with Gasteiger partial charge in [0, 0.05) is 20.8 Å². The van der Waals surface area contributed by atoms with Crippen molar-refractivity contribution < 1.29 is 96.6 Å². The van der Waals surface area contributed by atoms with Crippen LogP contribution in [0.25, 0.3) is 0 Å². The molecule has 0 heterocycles. The zero-order valence-electron chi connectivity index (χ0n) is 75.0. The van der Waals surface area contributed by atoms with Gasteiger partial charge >= 0.3 is 42.7 Å². The standard InChI is InChI=1S/2C14H22.5C8H15F3.C8H18.C5H9F3.C4H6F4/c2*1-13(2,3)14(4,5)11-12-9-7-6-8-10-12;5*1-6(2,3)7(4,5)8(9,10)11;1-7(2,3)8(4,5)6;1-4(2,6)5(3,7)8;1-3(5,6)4(2,7)8/h2*6-10H,11H2,1-5H3;5*1-5H3;1-6H3;1-3H3;1-2H3. The Morgan fingerprint density at radius 3 is 0.346 bits per heavy atom. The lowest BCUT2D eigenvalue weighted by Gasteiger charge is -2.40. The minimum absolute atomic E-state index is 0.188. The number of hydrogen-bond donors (Lipinski definition) is 0. The first-order chi connectivity index (χ1) is 44.9. The van der Waals surface area contributed by atoms with Crippen molar-refractivity contribution in [2.45, 2.75) is 386 Å². The van der Waals surface area contributed by atoms with E-state index >= 15 is 0 Å². The maximum Gasteiger partial charge on any atom is 0.394 e. The Balaban J connectivity index is -0.000000171. The number of benzene rings is 2. The van der Waals surface area contributed by atoms with Gasteiger partial charge in [-0.25, -0.2) is 30.7 Å². The van der Waals surface area contributed by atoms with E-state index in [4.69, 9.17) is 0 Å². The summed E-state index contributed by atoms with van der Waals surface area (Å²) in [5.74, 6) is -11.0. The van der Waals surface area contributed by atoms with Gasteiger partial charge in [-0.05, 0) is 97.4 Å². The molecule has 0 radical (unpaired) electrons. The average Bonchev–Trinajstić information content (AvgIpc) is 0.807. The third-order valence-electron chi connectivity index (χ3n) is 24.0. The molecule has 0 aromatic heterocycles. The summed E-state index contributed by atoms with van der Waals surface area (Å²) in [6, 6.07) is 21.5. The Bertz CT molecular complexity index is 2240. The molecule has 0 unspecified atom stereocenters. The quantitative estimate of drug-likeness (QED) is 0.253. The van der Waals surface area contributed by atoms with Crippen LogP contribution in [0.2, 0.25) is 0 Å². The van der Waals surface area contributed by atoms with Crippen LogP contribution in [0.3, 0.4) is 0 Å². The van der Waals surface area contributed by atoms with Crippen LogP contribution in [-0.4, -0.2) is 54.3 Å². The van der Waals surface area contributed by atoms with E-state index in [1.165, 1.54) is 80.4 Å². The second-order valence-electron chi connectivity index (χ2n) is 42.1. The molecule has 0 atom stereocenters. The van der Waals surface area contributed by atoms with E-state index in [0.717, 1.165) is 26.7 Å². The molecule has 0 N–H and O–H groups in total. The maximum atomic E-state index is 12.3. The minimum atomic E-state index is -4.12. The molecule has 2 rings (SSSR count). The van der Waals surface area contributed by atoms with Gasteiger partial charge in [0.05, 0.1) is 27.1 Å². The third kappa shape index (κ3) is 42.0. The summed E-state index contributed by atoms with van der Waals surface area (Å²) < 4.78 is 267. The van der Waals surface area contributed by atoms with Crippen LogP contribution in [0, 0.1) is 86.6 Å². The average molecular weight is 1590 g/mol. The van der Waals surface area contributed by atoms with Gasteiger partial charge in [-0.2, -0.15) is 65.9 Å². The highest BCUT2D eigenvalue weighted by molar-refractivity contribution is 5.18. The van der Waals surface area contributed by atoms with E-state index in [-0.39, 0.29) is 13.8 Å². The Labute approximate surface area is 638 Å². The fraction of sp³-hybridized carbons (Fsp3) is 0.859. The van der Waals surface area contributed by atoms with Crippen molar-refractivity contribution in [3.63, 3.8) is 0 Å². The van der Waals surface area contributed by atoms with E-state index in [1.807, 2.05) is 0 Å². The summed E-state index contributed by atoms with van der Waals surface area (Å²) in [5.41, 5.74) is -9.11. The van der Waals surface area contributed by atoms with Crippen molar-refractivity contribution in [2.75, 3.05) is 0 Å². The molecule has 2 aromatic rings. The maximum absolute atomic E-state index is 12.3. The molecule has 0 aliphatic rings. The van der Waals surface area contributed by atoms with Gasteiger partial charge in [0.2, 0.25) is 0 Å². The van der Waals surface area contributed by atoms with Gasteiger partial charge in [-0.15, -0.1) is 0 Å². The Kier molecular flexibility index (Phi) is 43.9. The smallest absolute Gasteiger partial charge is 0.238 e. The second kappa shape index (κ2) is 39.3. The van der Waals surface area contributed by atoms with Crippen molar-refractivity contribution in [1.29, 1.82) is 0 Å². The SMILES string of the molecule is CC(C)(C)C(C)(C)C.CC(C)(C)C(C)(C)C(F)(F)F.CC(C)(C)C(C)(C)C(F)(F)F.CC(C)(C)C(C)(C)C(F)(F)F.CC(C)(C)C(C)(C)C(F)(F)F.CC(C)(C)C(C)(C)C(F)(F)F.CC(C)(C)C(C)(C)Cc1ccccc1.CC(C)(C)C(C)(C)Cc1ccccc1.CC(C)(F)C(C)(F)F.CC(F)(F)C(C)(F)F. The van der Waals surface area contributed by atoms with Gasteiger partial charge in [-0.1, -0.05) is 345 Å². The van der Waals surface area contributed by atoms with Crippen LogP contribution in [0.15, 0.2) is 60.7 Å². The zero-order chi connectivity index (χ0) is 90.1. The van der Waals surface area contributed by atoms with E-state index < -0.39 is 108 Å². The second-order valence-corrected chi connectivity index (χ2v) is 42.1. The largest absolute Gasteiger partial charge is 0.394 e. The molecule has 0 saturated carbocycles. The predicted octanol–water partition coefficient (Wildman–Crippen LogP) is 34.5. The van der Waals surface area contributed by atoms with Crippen LogP contribution >= 0.6 is 0 Å². The Morgan fingerprint density at radius 1 is 0.168 bits per heavy atom. The van der Waals surface area contributed by atoms with Gasteiger partial charge in [0.1, 0.15) is 0 Å². The predicted molar refractivity (Wildman–Crippen MR) is 409 cm³/mol. The molecule has 0 bridgehead atoms. The first-order valence-corrected chi connectivity index (χ1v) is 36.1. The molecule has 0 nitrogen and oxygen atoms in total. The molecule has 0 aliphatic carbocycles. The molecule has 0 fully saturated rings. The van der Waals surface area contributed by atoms with Crippen LogP contribution in [-0.2, 0) is 12.8 Å². The lowest BCUT2D eigenvalue weighted by atomic mass is 9.66. The highest BCUT2D eigenvalue weighted by atomic mass is 19.4. The monoisotopic (exact) mass is 1590 g/mol. The Hall–Kier alpha value is -3.10. The molecule has 0 saturated heterocycles. The van der Waals surface area contributed by atoms with Crippen molar-refractivity contribution in [1.82, 2.24) is 0 Å². The molecule has 0 aliphatic heterocycles. The molecule has 646 valence electrons. The molecular weight excluding hydrogens is 1440 g/mol. The molecule has 107 heavy (non-hydrogen) atoms. The van der Waals surface area contributed by atoms with Crippen LogP contribution < -0.4 is 0 Å². The summed E-state index contributed by atoms with van der Waals surface area (Å²) in [5, 5.41) is 0. The summed E-state index contributed by atoms with van der Waals surface area (Å²) in [6.07, 6.45) is -18.3. The first kappa shape index (κ1) is 120. The molecule has 0 amide bonds. The molecule has 0 spiro atoms. The fourth-order valence-electron chi connectivity index (χ4n) is 4.87. The van der Waals surface area contributed by atoms with E-state index in [2.05, 4.69) is 171 Å². The summed E-state index contributed by atoms with van der Waals surface area (Å²) in [4.78, 5) is 0. The number of halogens is 22. The lowest BCUT2D eigenvalue weighted by Crippen LogP contribution is -2.43. The van der Waals surface area contributed by atoms with Crippen molar-refractivity contribution in [2.24, 2.45) is 86.6 Å². The normalized spacial score (nSPS) is 14.4. The number of alkyl halides is 22. The molecule has 22 heteroatoms. The summed E-state index contributed by atoms with van der Waals surface area (Å²) in [6.45, 7) is 75.8. The Morgan fingerprint density at radius 2 is 0.290 bits per heavy atom. The first-order valence-electron chi connectivity index (χ1n) is 36.1. The topological polar surface area (TPSA) is 0 Å². The third-order valence-corrected chi connectivity index (χ3v) is 24.0. The number of hydrogen-bond acceptors (Lipinski definition) is 0. The zero-order valence-corrected chi connectivity index (χ0v) is 75.0. The lowest BCUT2D eigenvalue weighted by molar-refractivity contribution is -0.244. The van der Waals surface area contributed by atoms with Crippen molar-refractivity contribution >= 4 is 0 Å². The highest BCUT2D eigenvalue weighted by Gasteiger charge is 2.58. The number of rotatable bonds is 6. The summed E-state index contributed by atoms with van der Waals surface area (Å²) >= 11 is 0. The van der Waals surface area contributed by atoms with Crippen molar-refractivity contribution in [3.05, 3.63) is 71.8 Å². The van der Waals surface area contributed by atoms with Gasteiger partial charge in [0.25, 0.3) is 5.92 Å². The van der Waals surface area contributed by atoms with E-state index in [1.54, 1.807) is 104 Å². The van der Waals surface area contributed by atoms with E-state index in [9.17, 15) is 96.6 Å². The van der Waals surface area contributed by atoms with Crippen LogP contribution in [0.4, 0.5) is 96.6 Å². The van der Waals surface area contributed by atoms with Crippen LogP contribution in [0.1, 0.15) is 330 Å². The molecule has 2 aromatic carbocycles. The van der Waals surface area contributed by atoms with Crippen LogP contribution in [0.5, 0.6) is 0 Å². The highest BCUT2D eigenvalue weighted by Crippen LogP contribution is 2.54. The van der Waals surface area contributed by atoms with Crippen molar-refractivity contribution in [3.8, 4) is 0 Å². The van der Waals surface area contributed by atoms with Gasteiger partial charge in [0.15, 0.2) is 5.67 Å². The summed E-state index contributed by atoms with van der Waals surface area (Å²) in [7, 11) is 0. The molecular formula is C85H152F22. The fourth-order valence-corrected chi connectivity index (χ4v) is 4.87. The minimum Gasteiger partial charge on any atom is -0.238 e. The van der Waals surface area contributed by atoms with Gasteiger partial charge in [-0.3, -0.25) is 0 Å². The van der Waals surface area contributed by atoms with E-state index in [0.29, 0.717) is 39.4 Å².